The van der Waals surface area contributed by atoms with E-state index in [1.54, 1.807) is 12.0 Å². The van der Waals surface area contributed by atoms with Crippen LogP contribution in [-0.2, 0) is 17.6 Å². The molecule has 1 saturated carbocycles. The Balaban J connectivity index is 1.64. The summed E-state index contributed by atoms with van der Waals surface area (Å²) in [6.07, 6.45) is 8.08. The van der Waals surface area contributed by atoms with Crippen LogP contribution in [0.4, 0.5) is 10.5 Å². The van der Waals surface area contributed by atoms with E-state index in [1.165, 1.54) is 26.4 Å². The average Bonchev–Trinajstić information content (AvgIpc) is 3.23. The minimum Gasteiger partial charge on any atom is -0.480 e. The van der Waals surface area contributed by atoms with E-state index in [4.69, 9.17) is 26.1 Å². The van der Waals surface area contributed by atoms with E-state index in [9.17, 15) is 4.79 Å². The van der Waals surface area contributed by atoms with Gasteiger partial charge in [0, 0.05) is 24.1 Å². The number of imidazole rings is 1. The van der Waals surface area contributed by atoms with E-state index in [0.717, 1.165) is 59.5 Å². The number of amides is 1. The van der Waals surface area contributed by atoms with Crippen molar-refractivity contribution < 1.29 is 14.3 Å². The Labute approximate surface area is 205 Å². The second-order valence-electron chi connectivity index (χ2n) is 9.32. The van der Waals surface area contributed by atoms with Crippen LogP contribution in [0.5, 0.6) is 5.88 Å². The molecule has 0 N–H and O–H groups in total. The average molecular weight is 483 g/mol. The van der Waals surface area contributed by atoms with E-state index in [2.05, 4.69) is 28.6 Å². The van der Waals surface area contributed by atoms with Crippen LogP contribution in [0.15, 0.2) is 24.3 Å². The van der Waals surface area contributed by atoms with E-state index in [0.29, 0.717) is 23.4 Å². The van der Waals surface area contributed by atoms with Crippen molar-refractivity contribution in [3.05, 3.63) is 46.4 Å². The third-order valence-electron chi connectivity index (χ3n) is 7.24. The minimum absolute atomic E-state index is 0.0861. The molecule has 1 amide bonds. The molecule has 34 heavy (non-hydrogen) atoms. The van der Waals surface area contributed by atoms with Crippen LogP contribution in [0.1, 0.15) is 68.6 Å². The second kappa shape index (κ2) is 9.45. The Kier molecular flexibility index (Phi) is 6.38. The standard InChI is InChI=1S/C26H31ClN4O3/c1-16-9-11-19-21(30(16)26(32)34-3)13-14-22-24(19)29-23(31(22)18-7-5-4-6-8-18)15-17-10-12-20(27)25(28-17)33-2/h10,12-14,16,18H,4-9,11,15H2,1-3H3/t16-/m0/s1. The van der Waals surface area contributed by atoms with Crippen LogP contribution in [0.3, 0.4) is 0 Å². The van der Waals surface area contributed by atoms with Crippen LogP contribution in [-0.4, -0.2) is 40.9 Å². The number of carbonyl (C=O) groups excluding carboxylic acids is 1. The van der Waals surface area contributed by atoms with Gasteiger partial charge in [-0.1, -0.05) is 30.9 Å². The van der Waals surface area contributed by atoms with Gasteiger partial charge >= 0.3 is 6.09 Å². The molecule has 2 aliphatic rings. The van der Waals surface area contributed by atoms with Gasteiger partial charge in [-0.2, -0.15) is 0 Å². The van der Waals surface area contributed by atoms with Crippen LogP contribution < -0.4 is 9.64 Å². The maximum absolute atomic E-state index is 12.6. The zero-order valence-electron chi connectivity index (χ0n) is 20.0. The van der Waals surface area contributed by atoms with E-state index < -0.39 is 0 Å². The molecule has 1 aliphatic carbocycles. The Morgan fingerprint density at radius 1 is 1.09 bits per heavy atom. The molecule has 0 spiro atoms. The third kappa shape index (κ3) is 4.00. The topological polar surface area (TPSA) is 69.5 Å². The van der Waals surface area contributed by atoms with Gasteiger partial charge in [-0.3, -0.25) is 4.90 Å². The normalized spacial score (nSPS) is 18.7. The lowest BCUT2D eigenvalue weighted by Crippen LogP contribution is -2.42. The van der Waals surface area contributed by atoms with Crippen molar-refractivity contribution in [1.82, 2.24) is 14.5 Å². The lowest BCUT2D eigenvalue weighted by Gasteiger charge is -2.34. The predicted octanol–water partition coefficient (Wildman–Crippen LogP) is 6.10. The molecule has 7 nitrogen and oxygen atoms in total. The highest BCUT2D eigenvalue weighted by Gasteiger charge is 2.32. The SMILES string of the molecule is COC(=O)N1c2ccc3c(nc(Cc4ccc(Cl)c(OC)n4)n3C3CCCCC3)c2CC[C@@H]1C. The van der Waals surface area contributed by atoms with E-state index in [1.807, 2.05) is 12.1 Å². The van der Waals surface area contributed by atoms with Gasteiger partial charge in [0.15, 0.2) is 0 Å². The third-order valence-corrected chi connectivity index (χ3v) is 7.53. The molecule has 1 atom stereocenters. The fourth-order valence-electron chi connectivity index (χ4n) is 5.56. The fraction of sp³-hybridized carbons (Fsp3) is 0.500. The molecule has 180 valence electrons. The molecule has 8 heteroatoms. The second-order valence-corrected chi connectivity index (χ2v) is 9.73. The molecule has 0 radical (unpaired) electrons. The monoisotopic (exact) mass is 482 g/mol. The number of methoxy groups -OCH3 is 2. The number of halogens is 1. The summed E-state index contributed by atoms with van der Waals surface area (Å²) in [6, 6.07) is 8.46. The Hall–Kier alpha value is -2.80. The van der Waals surface area contributed by atoms with Gasteiger partial charge < -0.3 is 14.0 Å². The number of pyridine rings is 1. The number of carbonyl (C=O) groups is 1. The highest BCUT2D eigenvalue weighted by molar-refractivity contribution is 6.31. The van der Waals surface area contributed by atoms with E-state index >= 15 is 0 Å². The highest BCUT2D eigenvalue weighted by atomic mass is 35.5. The van der Waals surface area contributed by atoms with Crippen molar-refractivity contribution in [2.75, 3.05) is 19.1 Å². The van der Waals surface area contributed by atoms with Crippen LogP contribution in [0.25, 0.3) is 11.0 Å². The molecule has 3 heterocycles. The number of hydrogen-bond donors (Lipinski definition) is 0. The van der Waals surface area contributed by atoms with Crippen molar-refractivity contribution in [2.24, 2.45) is 0 Å². The summed E-state index contributed by atoms with van der Waals surface area (Å²) < 4.78 is 12.9. The van der Waals surface area contributed by atoms with Crippen LogP contribution in [0, 0.1) is 0 Å². The van der Waals surface area contributed by atoms with Crippen molar-refractivity contribution in [3.8, 4) is 5.88 Å². The first kappa shape index (κ1) is 23.0. The number of rotatable bonds is 4. The summed E-state index contributed by atoms with van der Waals surface area (Å²) >= 11 is 6.21. The summed E-state index contributed by atoms with van der Waals surface area (Å²) in [5, 5.41) is 0.498. The summed E-state index contributed by atoms with van der Waals surface area (Å²) in [4.78, 5) is 24.1. The summed E-state index contributed by atoms with van der Waals surface area (Å²) in [7, 11) is 3.01. The molecule has 0 saturated heterocycles. The molecule has 3 aromatic rings. The molecule has 0 unspecified atom stereocenters. The first-order chi connectivity index (χ1) is 16.5. The Morgan fingerprint density at radius 2 is 1.88 bits per heavy atom. The molecule has 0 bridgehead atoms. The number of aromatic nitrogens is 3. The molecule has 1 fully saturated rings. The van der Waals surface area contributed by atoms with Crippen LogP contribution in [0.2, 0.25) is 5.02 Å². The zero-order valence-corrected chi connectivity index (χ0v) is 20.8. The molecule has 2 aromatic heterocycles. The number of fused-ring (bicyclic) bond motifs is 3. The van der Waals surface area contributed by atoms with Gasteiger partial charge in [0.05, 0.1) is 36.6 Å². The number of benzene rings is 1. The minimum atomic E-state index is -0.322. The van der Waals surface area contributed by atoms with Crippen molar-refractivity contribution in [2.45, 2.75) is 70.4 Å². The zero-order chi connectivity index (χ0) is 23.8. The number of hydrogen-bond acceptors (Lipinski definition) is 5. The van der Waals surface area contributed by atoms with Crippen molar-refractivity contribution >= 4 is 34.4 Å². The van der Waals surface area contributed by atoms with E-state index in [-0.39, 0.29) is 12.1 Å². The highest BCUT2D eigenvalue weighted by Crippen LogP contribution is 2.39. The maximum Gasteiger partial charge on any atom is 0.414 e. The van der Waals surface area contributed by atoms with Gasteiger partial charge in [-0.25, -0.2) is 14.8 Å². The lowest BCUT2D eigenvalue weighted by atomic mass is 9.94. The molecule has 5 rings (SSSR count). The van der Waals surface area contributed by atoms with Crippen molar-refractivity contribution in [3.63, 3.8) is 0 Å². The van der Waals surface area contributed by atoms with Gasteiger partial charge in [0.25, 0.3) is 0 Å². The summed E-state index contributed by atoms with van der Waals surface area (Å²) in [5.74, 6) is 1.43. The number of anilines is 1. The maximum atomic E-state index is 12.6. The van der Waals surface area contributed by atoms with Gasteiger partial charge in [0.1, 0.15) is 10.8 Å². The number of nitrogens with zero attached hydrogens (tertiary/aromatic N) is 4. The van der Waals surface area contributed by atoms with Crippen LogP contribution >= 0.6 is 11.6 Å². The predicted molar refractivity (Wildman–Crippen MR) is 133 cm³/mol. The molecule has 1 aliphatic heterocycles. The Morgan fingerprint density at radius 3 is 2.62 bits per heavy atom. The smallest absolute Gasteiger partial charge is 0.414 e. The Bertz CT molecular complexity index is 1220. The first-order valence-corrected chi connectivity index (χ1v) is 12.5. The number of aryl methyl sites for hydroxylation is 1. The van der Waals surface area contributed by atoms with Gasteiger partial charge in [-0.15, -0.1) is 0 Å². The van der Waals surface area contributed by atoms with Gasteiger partial charge in [0.2, 0.25) is 5.88 Å². The summed E-state index contributed by atoms with van der Waals surface area (Å²) in [6.45, 7) is 2.07. The fourth-order valence-corrected chi connectivity index (χ4v) is 5.74. The molecular formula is C26H31ClN4O3. The first-order valence-electron chi connectivity index (χ1n) is 12.1. The van der Waals surface area contributed by atoms with Crippen molar-refractivity contribution in [1.29, 1.82) is 0 Å². The molecule has 1 aromatic carbocycles. The quantitative estimate of drug-likeness (QED) is 0.449. The number of ether oxygens (including phenoxy) is 2. The lowest BCUT2D eigenvalue weighted by molar-refractivity contribution is 0.175. The largest absolute Gasteiger partial charge is 0.480 e. The summed E-state index contributed by atoms with van der Waals surface area (Å²) in [5.41, 5.74) is 5.02. The molecular weight excluding hydrogens is 452 g/mol. The van der Waals surface area contributed by atoms with Gasteiger partial charge in [-0.05, 0) is 56.9 Å².